The number of likely N-dealkylation sites (N-methyl/N-ethyl adjacent to an activating group) is 1. The lowest BCUT2D eigenvalue weighted by atomic mass is 9.60. The highest BCUT2D eigenvalue weighted by Gasteiger charge is 2.42. The third-order valence-electron chi connectivity index (χ3n) is 9.35. The van der Waals surface area contributed by atoms with E-state index in [1.54, 1.807) is 6.92 Å². The molecule has 1 N–H and O–H groups in total. The van der Waals surface area contributed by atoms with Gasteiger partial charge in [0.15, 0.2) is 16.6 Å². The van der Waals surface area contributed by atoms with E-state index in [9.17, 15) is 27.4 Å². The maximum absolute atomic E-state index is 12.8. The minimum absolute atomic E-state index is 0.00813. The Bertz CT molecular complexity index is 1270. The monoisotopic (exact) mass is 794 g/mol. The summed E-state index contributed by atoms with van der Waals surface area (Å²) in [5, 5.41) is 2.98. The summed E-state index contributed by atoms with van der Waals surface area (Å²) in [5.74, 6) is -0.939. The van der Waals surface area contributed by atoms with E-state index in [1.807, 2.05) is 14.1 Å². The standard InChI is InChI=1S/C36H70N2O11SSi2/c1-30(2)33(40)47-21-20-45-17-13-23-51(8,9)49-52(10,11)24-14-18-48-34(41)37-29-36(5)27-31(26-35(3,4)28-36)25-32(39)46-19-16-38(6,7)15-12-22-50(42,43)44/h31H,1,12-29H2,2-11H3,(H-,37,41,42,43,44). The summed E-state index contributed by atoms with van der Waals surface area (Å²) in [4.78, 5) is 36.9. The molecule has 0 aromatic rings. The van der Waals surface area contributed by atoms with Crippen LogP contribution in [0.4, 0.5) is 4.79 Å². The second kappa shape index (κ2) is 21.3. The Balaban J connectivity index is 2.40. The van der Waals surface area contributed by atoms with Crippen molar-refractivity contribution in [3.8, 4) is 0 Å². The number of rotatable bonds is 25. The Morgan fingerprint density at radius 2 is 1.48 bits per heavy atom. The highest BCUT2D eigenvalue weighted by Crippen LogP contribution is 2.49. The minimum atomic E-state index is -4.24. The highest BCUT2D eigenvalue weighted by atomic mass is 32.2. The van der Waals surface area contributed by atoms with E-state index in [2.05, 4.69) is 58.9 Å². The largest absolute Gasteiger partial charge is 0.748 e. The third-order valence-corrected chi connectivity index (χ3v) is 17.7. The van der Waals surface area contributed by atoms with Gasteiger partial charge in [-0.25, -0.2) is 18.0 Å². The van der Waals surface area contributed by atoms with Gasteiger partial charge in [0.05, 0.1) is 44.0 Å². The van der Waals surface area contributed by atoms with E-state index in [4.69, 9.17) is 23.1 Å². The number of carbonyl (C=O) groups is 3. The number of alkyl carbamates (subject to hydrolysis) is 1. The first-order valence-electron chi connectivity index (χ1n) is 18.7. The van der Waals surface area contributed by atoms with Gasteiger partial charge < -0.3 is 37.4 Å². The lowest BCUT2D eigenvalue weighted by molar-refractivity contribution is -0.890. The maximum atomic E-state index is 12.8. The van der Waals surface area contributed by atoms with Crippen LogP contribution in [0.2, 0.25) is 38.3 Å². The quantitative estimate of drug-likeness (QED) is 0.0225. The van der Waals surface area contributed by atoms with Gasteiger partial charge in [0.2, 0.25) is 0 Å². The molecule has 52 heavy (non-hydrogen) atoms. The molecule has 0 radical (unpaired) electrons. The average molecular weight is 795 g/mol. The van der Waals surface area contributed by atoms with E-state index >= 15 is 0 Å². The molecule has 2 atom stereocenters. The van der Waals surface area contributed by atoms with Crippen LogP contribution in [-0.4, -0.2) is 125 Å². The first-order valence-corrected chi connectivity index (χ1v) is 26.5. The molecular weight excluding hydrogens is 725 g/mol. The van der Waals surface area contributed by atoms with Gasteiger partial charge in [-0.3, -0.25) is 4.79 Å². The Morgan fingerprint density at radius 3 is 2.08 bits per heavy atom. The number of quaternary nitrogens is 1. The molecule has 0 bridgehead atoms. The number of carbonyl (C=O) groups excluding carboxylic acids is 3. The zero-order valence-corrected chi connectivity index (χ0v) is 36.7. The molecule has 2 unspecified atom stereocenters. The van der Waals surface area contributed by atoms with Gasteiger partial charge in [0.25, 0.3) is 0 Å². The second-order valence-corrected chi connectivity index (χ2v) is 28.1. The smallest absolute Gasteiger partial charge is 0.407 e. The lowest BCUT2D eigenvalue weighted by Gasteiger charge is -2.46. The van der Waals surface area contributed by atoms with Crippen molar-refractivity contribution in [3.63, 3.8) is 0 Å². The lowest BCUT2D eigenvalue weighted by Crippen LogP contribution is -2.45. The molecule has 1 fully saturated rings. The van der Waals surface area contributed by atoms with Crippen LogP contribution in [0.3, 0.4) is 0 Å². The van der Waals surface area contributed by atoms with Crippen molar-refractivity contribution in [2.75, 3.05) is 72.5 Å². The molecule has 0 heterocycles. The Kier molecular flexibility index (Phi) is 19.8. The molecule has 0 aromatic heterocycles. The van der Waals surface area contributed by atoms with Gasteiger partial charge in [-0.15, -0.1) is 0 Å². The van der Waals surface area contributed by atoms with E-state index in [-0.39, 0.29) is 42.4 Å². The van der Waals surface area contributed by atoms with E-state index < -0.39 is 44.6 Å². The summed E-state index contributed by atoms with van der Waals surface area (Å²) < 4.78 is 61.6. The molecule has 13 nitrogen and oxygen atoms in total. The summed E-state index contributed by atoms with van der Waals surface area (Å²) in [7, 11) is -4.28. The Morgan fingerprint density at radius 1 is 0.865 bits per heavy atom. The third kappa shape index (κ3) is 23.1. The maximum Gasteiger partial charge on any atom is 0.407 e. The van der Waals surface area contributed by atoms with Crippen LogP contribution in [0, 0.1) is 16.7 Å². The highest BCUT2D eigenvalue weighted by molar-refractivity contribution is 7.85. The van der Waals surface area contributed by atoms with Crippen molar-refractivity contribution >= 4 is 44.8 Å². The predicted octanol–water partition coefficient (Wildman–Crippen LogP) is 5.83. The van der Waals surface area contributed by atoms with Gasteiger partial charge in [-0.05, 0) is 94.1 Å². The van der Waals surface area contributed by atoms with Crippen LogP contribution in [0.1, 0.15) is 72.6 Å². The molecule has 1 saturated carbocycles. The number of nitrogens with zero attached hydrogens (tertiary/aromatic N) is 1. The van der Waals surface area contributed by atoms with E-state index in [1.165, 1.54) is 0 Å². The summed E-state index contributed by atoms with van der Waals surface area (Å²) in [5.41, 5.74) is 0.165. The fourth-order valence-corrected chi connectivity index (χ4v) is 16.8. The van der Waals surface area contributed by atoms with Crippen molar-refractivity contribution in [2.24, 2.45) is 16.7 Å². The Hall–Kier alpha value is -1.83. The Labute approximate surface area is 316 Å². The SMILES string of the molecule is C=C(C)C(=O)OCCOCCC[Si](C)(C)O[Si](C)(C)CCCOC(=O)NCC1(C)CC(CC(=O)OCC[N+](C)(C)CCCS(=O)(=O)[O-])CC(C)(C)C1. The van der Waals surface area contributed by atoms with Gasteiger partial charge in [0, 0.05) is 37.3 Å². The molecule has 1 aliphatic carbocycles. The topological polar surface area (TPSA) is 167 Å². The summed E-state index contributed by atoms with van der Waals surface area (Å²) >= 11 is 0. The van der Waals surface area contributed by atoms with Gasteiger partial charge >= 0.3 is 18.0 Å². The number of hydrogen-bond acceptors (Lipinski definition) is 11. The zero-order valence-electron chi connectivity index (χ0n) is 33.9. The number of amides is 1. The minimum Gasteiger partial charge on any atom is -0.748 e. The first-order chi connectivity index (χ1) is 23.7. The number of hydrogen-bond donors (Lipinski definition) is 1. The van der Waals surface area contributed by atoms with Crippen molar-refractivity contribution in [1.82, 2.24) is 5.32 Å². The van der Waals surface area contributed by atoms with Crippen LogP contribution in [0.5, 0.6) is 0 Å². The molecule has 0 aliphatic heterocycles. The van der Waals surface area contributed by atoms with Crippen LogP contribution in [0.25, 0.3) is 0 Å². The molecule has 1 amide bonds. The molecule has 1 aliphatic rings. The van der Waals surface area contributed by atoms with Gasteiger partial charge in [-0.2, -0.15) is 0 Å². The fourth-order valence-electron chi connectivity index (χ4n) is 7.48. The van der Waals surface area contributed by atoms with Crippen LogP contribution < -0.4 is 5.32 Å². The second-order valence-electron chi connectivity index (χ2n) is 17.7. The summed E-state index contributed by atoms with van der Waals surface area (Å²) in [6.07, 6.45) is 4.32. The van der Waals surface area contributed by atoms with Crippen LogP contribution in [-0.2, 0) is 42.8 Å². The van der Waals surface area contributed by atoms with E-state index in [0.717, 1.165) is 44.2 Å². The van der Waals surface area contributed by atoms with Crippen molar-refractivity contribution in [3.05, 3.63) is 12.2 Å². The zero-order chi connectivity index (χ0) is 39.9. The van der Waals surface area contributed by atoms with Crippen LogP contribution in [0.15, 0.2) is 12.2 Å². The normalized spacial score (nSPS) is 19.5. The fraction of sp³-hybridized carbons (Fsp3) is 0.861. The molecule has 0 aromatic carbocycles. The molecule has 304 valence electrons. The molecule has 0 spiro atoms. The molecule has 16 heteroatoms. The summed E-state index contributed by atoms with van der Waals surface area (Å²) in [6, 6.07) is 1.85. The first kappa shape index (κ1) is 48.2. The average Bonchev–Trinajstić information content (AvgIpc) is 2.95. The molecular formula is C36H70N2O11SSi2. The number of nitrogens with one attached hydrogen (secondary N) is 1. The number of esters is 2. The molecule has 1 rings (SSSR count). The van der Waals surface area contributed by atoms with Crippen molar-refractivity contribution < 1.29 is 54.9 Å². The molecule has 0 saturated heterocycles. The van der Waals surface area contributed by atoms with Crippen molar-refractivity contribution in [2.45, 2.75) is 111 Å². The van der Waals surface area contributed by atoms with E-state index in [0.29, 0.717) is 55.9 Å². The van der Waals surface area contributed by atoms with Gasteiger partial charge in [0.1, 0.15) is 19.8 Å². The van der Waals surface area contributed by atoms with Crippen LogP contribution >= 0.6 is 0 Å². The number of ether oxygens (including phenoxy) is 4. The van der Waals surface area contributed by atoms with Gasteiger partial charge in [-0.1, -0.05) is 27.4 Å². The summed E-state index contributed by atoms with van der Waals surface area (Å²) in [6.45, 7) is 23.8. The predicted molar refractivity (Wildman–Crippen MR) is 207 cm³/mol. The van der Waals surface area contributed by atoms with Crippen molar-refractivity contribution in [1.29, 1.82) is 0 Å².